The molecule has 2 atom stereocenters. The van der Waals surface area contributed by atoms with Gasteiger partial charge in [0.2, 0.25) is 0 Å². The number of hydrogen-bond donors (Lipinski definition) is 1. The van der Waals surface area contributed by atoms with Gasteiger partial charge < -0.3 is 5.11 Å². The summed E-state index contributed by atoms with van der Waals surface area (Å²) in [4.78, 5) is 11.0. The number of carboxylic acid groups (broad SMARTS) is 1. The van der Waals surface area contributed by atoms with Crippen molar-refractivity contribution in [3.63, 3.8) is 0 Å². The third-order valence-corrected chi connectivity index (χ3v) is 4.28. The van der Waals surface area contributed by atoms with Gasteiger partial charge in [-0.15, -0.1) is 0 Å². The molecular weight excluding hydrogens is 320 g/mol. The molecular formula is C24H32O2. The van der Waals surface area contributed by atoms with Gasteiger partial charge in [0.1, 0.15) is 0 Å². The number of hydrogen-bond acceptors (Lipinski definition) is 1. The quantitative estimate of drug-likeness (QED) is 0.398. The number of benzene rings is 1. The average molecular weight is 353 g/mol. The lowest BCUT2D eigenvalue weighted by molar-refractivity contribution is -0.132. The van der Waals surface area contributed by atoms with E-state index < -0.39 is 5.97 Å². The summed E-state index contributed by atoms with van der Waals surface area (Å²) in [7, 11) is 0. The number of carboxylic acids is 1. The largest absolute Gasteiger partial charge is 0.478 e. The second-order valence-electron chi connectivity index (χ2n) is 7.07. The molecule has 0 aromatic heterocycles. The molecule has 1 rings (SSSR count). The van der Waals surface area contributed by atoms with E-state index in [1.165, 1.54) is 11.1 Å². The molecule has 1 aromatic carbocycles. The molecule has 0 amide bonds. The van der Waals surface area contributed by atoms with Gasteiger partial charge in [0, 0.05) is 5.57 Å². The predicted octanol–water partition coefficient (Wildman–Crippen LogP) is 6.68. The van der Waals surface area contributed by atoms with E-state index in [2.05, 4.69) is 64.1 Å². The van der Waals surface area contributed by atoms with Gasteiger partial charge >= 0.3 is 5.97 Å². The predicted molar refractivity (Wildman–Crippen MR) is 112 cm³/mol. The maximum Gasteiger partial charge on any atom is 0.331 e. The first kappa shape index (κ1) is 21.7. The Hall–Kier alpha value is -2.35. The van der Waals surface area contributed by atoms with E-state index in [0.717, 1.165) is 18.4 Å². The third-order valence-electron chi connectivity index (χ3n) is 4.28. The summed E-state index contributed by atoms with van der Waals surface area (Å²) >= 11 is 0. The molecule has 0 radical (unpaired) electrons. The van der Waals surface area contributed by atoms with E-state index in [0.29, 0.717) is 17.4 Å². The fraction of sp³-hybridized carbons (Fsp3) is 0.375. The summed E-state index contributed by atoms with van der Waals surface area (Å²) in [6.07, 6.45) is 12.5. The Morgan fingerprint density at radius 3 is 2.27 bits per heavy atom. The van der Waals surface area contributed by atoms with E-state index in [4.69, 9.17) is 5.11 Å². The summed E-state index contributed by atoms with van der Waals surface area (Å²) < 4.78 is 0. The molecule has 1 aromatic rings. The first-order valence-corrected chi connectivity index (χ1v) is 9.35. The van der Waals surface area contributed by atoms with Crippen molar-refractivity contribution in [3.8, 4) is 0 Å². The Balaban J connectivity index is 2.68. The van der Waals surface area contributed by atoms with E-state index in [1.54, 1.807) is 13.0 Å². The van der Waals surface area contributed by atoms with Crippen molar-refractivity contribution in [1.82, 2.24) is 0 Å². The zero-order chi connectivity index (χ0) is 19.5. The second-order valence-corrected chi connectivity index (χ2v) is 7.07. The molecule has 26 heavy (non-hydrogen) atoms. The molecule has 0 saturated heterocycles. The molecule has 0 fully saturated rings. The van der Waals surface area contributed by atoms with Crippen molar-refractivity contribution in [3.05, 3.63) is 76.9 Å². The normalized spacial score (nSPS) is 16.0. The standard InChI is InChI=1S/C24H32O2/c1-6-22(17-21(5)24(25)26)16-20(4)15-19(3)14-18(2)12-13-23-10-8-7-9-11-23/h7-14,16-17,19-20H,6,15H2,1-5H3,(H,25,26)/b13-12+,18-14+,21-17+,22-16+/t19-,20+/m0/s1. The second kappa shape index (κ2) is 11.3. The van der Waals surface area contributed by atoms with Crippen LogP contribution in [0.2, 0.25) is 0 Å². The first-order chi connectivity index (χ1) is 12.3. The molecule has 0 bridgehead atoms. The van der Waals surface area contributed by atoms with Gasteiger partial charge in [-0.05, 0) is 50.2 Å². The zero-order valence-electron chi connectivity index (χ0n) is 16.7. The maximum absolute atomic E-state index is 11.0. The van der Waals surface area contributed by atoms with Crippen molar-refractivity contribution in [2.75, 3.05) is 0 Å². The zero-order valence-corrected chi connectivity index (χ0v) is 16.7. The number of carbonyl (C=O) groups is 1. The Kier molecular flexibility index (Phi) is 9.43. The molecule has 0 heterocycles. The topological polar surface area (TPSA) is 37.3 Å². The lowest BCUT2D eigenvalue weighted by atomic mass is 9.93. The molecule has 2 heteroatoms. The van der Waals surface area contributed by atoms with Crippen LogP contribution in [-0.2, 0) is 4.79 Å². The van der Waals surface area contributed by atoms with Gasteiger partial charge in [-0.1, -0.05) is 86.6 Å². The van der Waals surface area contributed by atoms with Crippen LogP contribution in [0.4, 0.5) is 0 Å². The molecule has 1 N–H and O–H groups in total. The van der Waals surface area contributed by atoms with Crippen LogP contribution in [0.1, 0.15) is 53.0 Å². The van der Waals surface area contributed by atoms with Crippen LogP contribution in [0, 0.1) is 11.8 Å². The minimum Gasteiger partial charge on any atom is -0.478 e. The fourth-order valence-electron chi connectivity index (χ4n) is 2.99. The number of allylic oxidation sites excluding steroid dienone is 6. The fourth-order valence-corrected chi connectivity index (χ4v) is 2.99. The van der Waals surface area contributed by atoms with Gasteiger partial charge in [-0.2, -0.15) is 0 Å². The monoisotopic (exact) mass is 352 g/mol. The van der Waals surface area contributed by atoms with E-state index in [-0.39, 0.29) is 0 Å². The highest BCUT2D eigenvalue weighted by molar-refractivity contribution is 5.86. The van der Waals surface area contributed by atoms with Crippen LogP contribution >= 0.6 is 0 Å². The van der Waals surface area contributed by atoms with Crippen molar-refractivity contribution in [2.24, 2.45) is 11.8 Å². The smallest absolute Gasteiger partial charge is 0.331 e. The molecule has 0 aliphatic carbocycles. The molecule has 0 aliphatic rings. The van der Waals surface area contributed by atoms with Crippen molar-refractivity contribution in [2.45, 2.75) is 47.5 Å². The summed E-state index contributed by atoms with van der Waals surface area (Å²) in [6.45, 7) is 10.3. The number of rotatable bonds is 9. The summed E-state index contributed by atoms with van der Waals surface area (Å²) in [5.41, 5.74) is 3.95. The summed E-state index contributed by atoms with van der Waals surface area (Å²) in [5, 5.41) is 9.03. The molecule has 0 unspecified atom stereocenters. The lowest BCUT2D eigenvalue weighted by Gasteiger charge is -2.13. The highest BCUT2D eigenvalue weighted by Crippen LogP contribution is 2.20. The van der Waals surface area contributed by atoms with Crippen LogP contribution in [0.25, 0.3) is 6.08 Å². The van der Waals surface area contributed by atoms with E-state index >= 15 is 0 Å². The Morgan fingerprint density at radius 2 is 1.69 bits per heavy atom. The van der Waals surface area contributed by atoms with Crippen molar-refractivity contribution >= 4 is 12.0 Å². The summed E-state index contributed by atoms with van der Waals surface area (Å²) in [5.74, 6) is 0.0124. The highest BCUT2D eigenvalue weighted by Gasteiger charge is 2.07. The minimum atomic E-state index is -0.853. The van der Waals surface area contributed by atoms with Gasteiger partial charge in [0.15, 0.2) is 0 Å². The third kappa shape index (κ3) is 8.66. The average Bonchev–Trinajstić information content (AvgIpc) is 2.59. The van der Waals surface area contributed by atoms with Crippen LogP contribution in [0.15, 0.2) is 71.4 Å². The van der Waals surface area contributed by atoms with E-state index in [9.17, 15) is 4.79 Å². The first-order valence-electron chi connectivity index (χ1n) is 9.35. The molecule has 140 valence electrons. The van der Waals surface area contributed by atoms with Crippen LogP contribution in [0.3, 0.4) is 0 Å². The van der Waals surface area contributed by atoms with Crippen LogP contribution in [-0.4, -0.2) is 11.1 Å². The molecule has 0 spiro atoms. The van der Waals surface area contributed by atoms with Crippen molar-refractivity contribution < 1.29 is 9.90 Å². The highest BCUT2D eigenvalue weighted by atomic mass is 16.4. The Bertz CT molecular complexity index is 690. The Labute approximate surface area is 158 Å². The van der Waals surface area contributed by atoms with E-state index in [1.807, 2.05) is 18.2 Å². The van der Waals surface area contributed by atoms with Gasteiger partial charge in [-0.3, -0.25) is 0 Å². The molecule has 0 aliphatic heterocycles. The molecule has 2 nitrogen and oxygen atoms in total. The van der Waals surface area contributed by atoms with Crippen LogP contribution in [0.5, 0.6) is 0 Å². The summed E-state index contributed by atoms with van der Waals surface area (Å²) in [6, 6.07) is 10.3. The van der Waals surface area contributed by atoms with Gasteiger partial charge in [-0.25, -0.2) is 4.79 Å². The van der Waals surface area contributed by atoms with Gasteiger partial charge in [0.25, 0.3) is 0 Å². The Morgan fingerprint density at radius 1 is 1.08 bits per heavy atom. The minimum absolute atomic E-state index is 0.389. The molecule has 0 saturated carbocycles. The van der Waals surface area contributed by atoms with Gasteiger partial charge in [0.05, 0.1) is 0 Å². The van der Waals surface area contributed by atoms with Crippen LogP contribution < -0.4 is 0 Å². The maximum atomic E-state index is 11.0. The lowest BCUT2D eigenvalue weighted by Crippen LogP contribution is -2.01. The number of aliphatic carboxylic acids is 1. The SMILES string of the molecule is CCC(=C\[C@H](C)C[C@@H](C)/C=C(C)/C=C/c1ccccc1)/C=C(\C)C(=O)O. The van der Waals surface area contributed by atoms with Crippen molar-refractivity contribution in [1.29, 1.82) is 0 Å².